The minimum Gasteiger partial charge on any atom is -0.334 e. The lowest BCUT2D eigenvalue weighted by atomic mass is 10.2. The summed E-state index contributed by atoms with van der Waals surface area (Å²) in [4.78, 5) is 15.6. The van der Waals surface area contributed by atoms with E-state index in [0.29, 0.717) is 12.6 Å². The molecule has 0 saturated heterocycles. The zero-order valence-electron chi connectivity index (χ0n) is 12.3. The standard InChI is InChI=1S/C17H19FN2OS/c18-14-5-3-13(4-6-14)12-19-17(21)20(15-7-8-15)10-9-16-2-1-11-22-16/h1-6,11,15H,7-10,12H2,(H,19,21). The lowest BCUT2D eigenvalue weighted by Gasteiger charge is -2.22. The Balaban J connectivity index is 1.52. The number of thiophene rings is 1. The Morgan fingerprint density at radius 3 is 2.68 bits per heavy atom. The van der Waals surface area contributed by atoms with Crippen molar-refractivity contribution in [2.45, 2.75) is 31.8 Å². The van der Waals surface area contributed by atoms with Crippen LogP contribution in [-0.4, -0.2) is 23.5 Å². The van der Waals surface area contributed by atoms with Crippen molar-refractivity contribution in [3.8, 4) is 0 Å². The number of nitrogens with one attached hydrogen (secondary N) is 1. The molecule has 2 aromatic rings. The summed E-state index contributed by atoms with van der Waals surface area (Å²) in [5.74, 6) is -0.259. The molecule has 1 saturated carbocycles. The molecule has 0 spiro atoms. The molecule has 3 rings (SSSR count). The van der Waals surface area contributed by atoms with Gasteiger partial charge >= 0.3 is 6.03 Å². The highest BCUT2D eigenvalue weighted by atomic mass is 32.1. The number of rotatable bonds is 6. The maximum Gasteiger partial charge on any atom is 0.317 e. The van der Waals surface area contributed by atoms with Gasteiger partial charge in [-0.25, -0.2) is 9.18 Å². The van der Waals surface area contributed by atoms with Crippen LogP contribution in [0.4, 0.5) is 9.18 Å². The summed E-state index contributed by atoms with van der Waals surface area (Å²) in [5, 5.41) is 5.00. The predicted molar refractivity (Wildman–Crippen MR) is 86.4 cm³/mol. The van der Waals surface area contributed by atoms with E-state index in [0.717, 1.165) is 31.4 Å². The van der Waals surface area contributed by atoms with Crippen LogP contribution >= 0.6 is 11.3 Å². The lowest BCUT2D eigenvalue weighted by Crippen LogP contribution is -2.42. The summed E-state index contributed by atoms with van der Waals surface area (Å²) in [5.41, 5.74) is 0.906. The van der Waals surface area contributed by atoms with E-state index in [4.69, 9.17) is 0 Å². The fourth-order valence-electron chi connectivity index (χ4n) is 2.40. The van der Waals surface area contributed by atoms with Crippen LogP contribution in [0.1, 0.15) is 23.3 Å². The van der Waals surface area contributed by atoms with Gasteiger partial charge < -0.3 is 10.2 Å². The largest absolute Gasteiger partial charge is 0.334 e. The molecule has 1 heterocycles. The molecule has 0 aliphatic heterocycles. The molecule has 22 heavy (non-hydrogen) atoms. The Kier molecular flexibility index (Phi) is 4.73. The summed E-state index contributed by atoms with van der Waals surface area (Å²) in [6, 6.07) is 10.7. The van der Waals surface area contributed by atoms with E-state index in [1.807, 2.05) is 11.0 Å². The third kappa shape index (κ3) is 4.07. The first-order chi connectivity index (χ1) is 10.7. The highest BCUT2D eigenvalue weighted by Crippen LogP contribution is 2.27. The van der Waals surface area contributed by atoms with Crippen molar-refractivity contribution >= 4 is 17.4 Å². The van der Waals surface area contributed by atoms with Gasteiger partial charge in [0, 0.05) is 24.0 Å². The van der Waals surface area contributed by atoms with Gasteiger partial charge in [-0.3, -0.25) is 0 Å². The monoisotopic (exact) mass is 318 g/mol. The normalized spacial score (nSPS) is 13.9. The maximum absolute atomic E-state index is 12.9. The summed E-state index contributed by atoms with van der Waals surface area (Å²) in [6.45, 7) is 1.18. The zero-order chi connectivity index (χ0) is 15.4. The molecular weight excluding hydrogens is 299 g/mol. The highest BCUT2D eigenvalue weighted by molar-refractivity contribution is 7.09. The third-order valence-corrected chi connectivity index (χ3v) is 4.72. The minimum atomic E-state index is -0.259. The molecule has 1 aromatic carbocycles. The number of nitrogens with zero attached hydrogens (tertiary/aromatic N) is 1. The first kappa shape index (κ1) is 15.0. The van der Waals surface area contributed by atoms with Crippen LogP contribution in [0.25, 0.3) is 0 Å². The predicted octanol–water partition coefficient (Wildman–Crippen LogP) is 3.80. The second-order valence-corrected chi connectivity index (χ2v) is 6.57. The Morgan fingerprint density at radius 1 is 1.27 bits per heavy atom. The van der Waals surface area contributed by atoms with Gasteiger partial charge in [0.1, 0.15) is 5.82 Å². The molecule has 1 aliphatic carbocycles. The van der Waals surface area contributed by atoms with E-state index < -0.39 is 0 Å². The molecule has 0 unspecified atom stereocenters. The number of urea groups is 1. The van der Waals surface area contributed by atoms with Gasteiger partial charge in [-0.05, 0) is 48.4 Å². The van der Waals surface area contributed by atoms with Crippen molar-refractivity contribution in [2.75, 3.05) is 6.54 Å². The molecule has 0 radical (unpaired) electrons. The van der Waals surface area contributed by atoms with Crippen LogP contribution < -0.4 is 5.32 Å². The summed E-state index contributed by atoms with van der Waals surface area (Å²) in [6.07, 6.45) is 3.08. The Morgan fingerprint density at radius 2 is 2.05 bits per heavy atom. The highest BCUT2D eigenvalue weighted by Gasteiger charge is 2.32. The van der Waals surface area contributed by atoms with Gasteiger partial charge in [0.2, 0.25) is 0 Å². The number of carbonyl (C=O) groups excluding carboxylic acids is 1. The first-order valence-corrected chi connectivity index (χ1v) is 8.41. The Hall–Kier alpha value is -1.88. The quantitative estimate of drug-likeness (QED) is 0.863. The number of amides is 2. The van der Waals surface area contributed by atoms with Crippen molar-refractivity contribution in [1.82, 2.24) is 10.2 Å². The lowest BCUT2D eigenvalue weighted by molar-refractivity contribution is 0.195. The molecule has 2 amide bonds. The van der Waals surface area contributed by atoms with Crippen molar-refractivity contribution in [1.29, 1.82) is 0 Å². The van der Waals surface area contributed by atoms with Crippen LogP contribution in [0.2, 0.25) is 0 Å². The van der Waals surface area contributed by atoms with Crippen LogP contribution in [0.5, 0.6) is 0 Å². The molecule has 116 valence electrons. The van der Waals surface area contributed by atoms with Gasteiger partial charge in [0.15, 0.2) is 0 Å². The van der Waals surface area contributed by atoms with Crippen molar-refractivity contribution in [2.24, 2.45) is 0 Å². The third-order valence-electron chi connectivity index (χ3n) is 3.78. The van der Waals surface area contributed by atoms with Gasteiger partial charge in [0.25, 0.3) is 0 Å². The van der Waals surface area contributed by atoms with Crippen LogP contribution in [0.3, 0.4) is 0 Å². The van der Waals surface area contributed by atoms with Crippen molar-refractivity contribution < 1.29 is 9.18 Å². The van der Waals surface area contributed by atoms with Gasteiger partial charge in [-0.1, -0.05) is 18.2 Å². The van der Waals surface area contributed by atoms with Gasteiger partial charge in [-0.15, -0.1) is 11.3 Å². The molecule has 1 N–H and O–H groups in total. The topological polar surface area (TPSA) is 32.3 Å². The SMILES string of the molecule is O=C(NCc1ccc(F)cc1)N(CCc1cccs1)C1CC1. The summed E-state index contributed by atoms with van der Waals surface area (Å²) in [7, 11) is 0. The number of halogens is 1. The molecule has 1 fully saturated rings. The fourth-order valence-corrected chi connectivity index (χ4v) is 3.10. The summed E-state index contributed by atoms with van der Waals surface area (Å²) < 4.78 is 12.9. The molecule has 0 atom stereocenters. The number of carbonyl (C=O) groups is 1. The smallest absolute Gasteiger partial charge is 0.317 e. The van der Waals surface area contributed by atoms with Gasteiger partial charge in [-0.2, -0.15) is 0 Å². The van der Waals surface area contributed by atoms with E-state index in [9.17, 15) is 9.18 Å². The molecule has 0 bridgehead atoms. The van der Waals surface area contributed by atoms with Crippen LogP contribution in [-0.2, 0) is 13.0 Å². The Labute approximate surface area is 133 Å². The van der Waals surface area contributed by atoms with E-state index >= 15 is 0 Å². The van der Waals surface area contributed by atoms with Crippen LogP contribution in [0.15, 0.2) is 41.8 Å². The van der Waals surface area contributed by atoms with Crippen LogP contribution in [0, 0.1) is 5.82 Å². The van der Waals surface area contributed by atoms with Crippen molar-refractivity contribution in [3.63, 3.8) is 0 Å². The number of benzene rings is 1. The van der Waals surface area contributed by atoms with E-state index in [2.05, 4.69) is 16.8 Å². The molecule has 1 aliphatic rings. The minimum absolute atomic E-state index is 0.0246. The molecule has 3 nitrogen and oxygen atoms in total. The second-order valence-electron chi connectivity index (χ2n) is 5.54. The maximum atomic E-state index is 12.9. The molecule has 1 aromatic heterocycles. The molecule has 5 heteroatoms. The average molecular weight is 318 g/mol. The first-order valence-electron chi connectivity index (χ1n) is 7.53. The fraction of sp³-hybridized carbons (Fsp3) is 0.353. The Bertz CT molecular complexity index is 608. The molecular formula is C17H19FN2OS. The number of hydrogen-bond donors (Lipinski definition) is 1. The average Bonchev–Trinajstić information content (AvgIpc) is 3.22. The van der Waals surface area contributed by atoms with Gasteiger partial charge in [0.05, 0.1) is 0 Å². The summed E-state index contributed by atoms with van der Waals surface area (Å²) >= 11 is 1.73. The zero-order valence-corrected chi connectivity index (χ0v) is 13.1. The van der Waals surface area contributed by atoms with Crippen molar-refractivity contribution in [3.05, 3.63) is 58.0 Å². The number of hydrogen-bond acceptors (Lipinski definition) is 2. The van der Waals surface area contributed by atoms with E-state index in [1.54, 1.807) is 23.5 Å². The second kappa shape index (κ2) is 6.92. The van der Waals surface area contributed by atoms with E-state index in [-0.39, 0.29) is 11.8 Å². The van der Waals surface area contributed by atoms with E-state index in [1.165, 1.54) is 17.0 Å².